The van der Waals surface area contributed by atoms with Crippen LogP contribution in [0, 0.1) is 11.3 Å². The maximum Gasteiger partial charge on any atom is 0.338 e. The van der Waals surface area contributed by atoms with E-state index in [9.17, 15) is 4.79 Å². The van der Waals surface area contributed by atoms with Crippen molar-refractivity contribution in [1.29, 1.82) is 5.26 Å². The van der Waals surface area contributed by atoms with Gasteiger partial charge in [0.25, 0.3) is 0 Å². The third kappa shape index (κ3) is 3.53. The van der Waals surface area contributed by atoms with Crippen LogP contribution >= 0.6 is 0 Å². The average Bonchev–Trinajstić information content (AvgIpc) is 2.59. The van der Waals surface area contributed by atoms with Gasteiger partial charge in [-0.15, -0.1) is 0 Å². The van der Waals surface area contributed by atoms with Crippen LogP contribution in [0.25, 0.3) is 11.6 Å². The van der Waals surface area contributed by atoms with Crippen molar-refractivity contribution in [2.45, 2.75) is 0 Å². The molecule has 0 aliphatic heterocycles. The standard InChI is InChI=1S/C18H15NO3/c1-21-16-9-7-15(8-10-16)17(18(20)22-2)11-13-3-5-14(12-19)6-4-13/h3-11H,1-2H3/b17-11+. The van der Waals surface area contributed by atoms with Gasteiger partial charge in [0.15, 0.2) is 0 Å². The van der Waals surface area contributed by atoms with Gasteiger partial charge in [-0.1, -0.05) is 24.3 Å². The molecule has 0 fully saturated rings. The van der Waals surface area contributed by atoms with Crippen molar-refractivity contribution < 1.29 is 14.3 Å². The zero-order chi connectivity index (χ0) is 15.9. The molecule has 2 aromatic carbocycles. The van der Waals surface area contributed by atoms with Crippen LogP contribution in [0.15, 0.2) is 48.5 Å². The molecule has 0 heterocycles. The van der Waals surface area contributed by atoms with Gasteiger partial charge >= 0.3 is 5.97 Å². The van der Waals surface area contributed by atoms with Gasteiger partial charge in [-0.25, -0.2) is 4.79 Å². The molecule has 0 saturated heterocycles. The average molecular weight is 293 g/mol. The maximum atomic E-state index is 12.0. The van der Waals surface area contributed by atoms with Crippen LogP contribution in [0.5, 0.6) is 5.75 Å². The van der Waals surface area contributed by atoms with E-state index in [1.165, 1.54) is 7.11 Å². The smallest absolute Gasteiger partial charge is 0.338 e. The van der Waals surface area contributed by atoms with E-state index in [1.807, 2.05) is 0 Å². The van der Waals surface area contributed by atoms with Crippen molar-refractivity contribution in [3.8, 4) is 11.8 Å². The first-order chi connectivity index (χ1) is 10.7. The summed E-state index contributed by atoms with van der Waals surface area (Å²) in [6, 6.07) is 16.2. The lowest BCUT2D eigenvalue weighted by atomic mass is 10.0. The monoisotopic (exact) mass is 293 g/mol. The van der Waals surface area contributed by atoms with Crippen LogP contribution in [0.2, 0.25) is 0 Å². The number of benzene rings is 2. The van der Waals surface area contributed by atoms with Crippen LogP contribution in [0.4, 0.5) is 0 Å². The molecule has 22 heavy (non-hydrogen) atoms. The highest BCUT2D eigenvalue weighted by molar-refractivity contribution is 6.21. The van der Waals surface area contributed by atoms with Crippen LogP contribution in [0.1, 0.15) is 16.7 Å². The Morgan fingerprint density at radius 2 is 1.68 bits per heavy atom. The highest BCUT2D eigenvalue weighted by Gasteiger charge is 2.12. The fourth-order valence-corrected chi connectivity index (χ4v) is 1.96. The van der Waals surface area contributed by atoms with E-state index in [4.69, 9.17) is 14.7 Å². The van der Waals surface area contributed by atoms with Crippen LogP contribution in [0.3, 0.4) is 0 Å². The molecule has 0 amide bonds. The molecule has 0 aliphatic carbocycles. The number of carbonyl (C=O) groups is 1. The summed E-state index contributed by atoms with van der Waals surface area (Å²) >= 11 is 0. The Kier molecular flexibility index (Phi) is 4.94. The molecule has 0 aromatic heterocycles. The molecule has 0 atom stereocenters. The van der Waals surface area contributed by atoms with E-state index in [1.54, 1.807) is 61.7 Å². The molecule has 0 spiro atoms. The fraction of sp³-hybridized carbons (Fsp3) is 0.111. The van der Waals surface area contributed by atoms with Gasteiger partial charge in [-0.2, -0.15) is 5.26 Å². The van der Waals surface area contributed by atoms with Crippen molar-refractivity contribution in [2.24, 2.45) is 0 Å². The van der Waals surface area contributed by atoms with Gasteiger partial charge in [-0.05, 0) is 41.5 Å². The Morgan fingerprint density at radius 3 is 2.18 bits per heavy atom. The number of carbonyl (C=O) groups excluding carboxylic acids is 1. The van der Waals surface area contributed by atoms with Crippen molar-refractivity contribution in [1.82, 2.24) is 0 Å². The molecule has 0 radical (unpaired) electrons. The molecule has 2 rings (SSSR count). The second-order valence-electron chi connectivity index (χ2n) is 4.51. The van der Waals surface area contributed by atoms with Crippen molar-refractivity contribution in [3.05, 3.63) is 65.2 Å². The number of rotatable bonds is 4. The summed E-state index contributed by atoms with van der Waals surface area (Å²) in [4.78, 5) is 12.0. The second kappa shape index (κ2) is 7.09. The van der Waals surface area contributed by atoms with Crippen molar-refractivity contribution >= 4 is 17.6 Å². The lowest BCUT2D eigenvalue weighted by Crippen LogP contribution is -2.04. The SMILES string of the molecule is COC(=O)/C(=C/c1ccc(C#N)cc1)c1ccc(OC)cc1. The predicted molar refractivity (Wildman–Crippen MR) is 84.0 cm³/mol. The van der Waals surface area contributed by atoms with Crippen molar-refractivity contribution in [3.63, 3.8) is 0 Å². The van der Waals surface area contributed by atoms with E-state index in [0.29, 0.717) is 16.9 Å². The number of nitriles is 1. The zero-order valence-electron chi connectivity index (χ0n) is 12.4. The first-order valence-corrected chi connectivity index (χ1v) is 6.62. The number of hydrogen-bond acceptors (Lipinski definition) is 4. The molecule has 0 bridgehead atoms. The largest absolute Gasteiger partial charge is 0.497 e. The highest BCUT2D eigenvalue weighted by atomic mass is 16.5. The minimum Gasteiger partial charge on any atom is -0.497 e. The van der Waals surface area contributed by atoms with Gasteiger partial charge in [0.1, 0.15) is 5.75 Å². The van der Waals surface area contributed by atoms with E-state index in [0.717, 1.165) is 11.1 Å². The predicted octanol–water partition coefficient (Wildman–Crippen LogP) is 3.28. The Morgan fingerprint density at radius 1 is 1.05 bits per heavy atom. The molecule has 0 aliphatic rings. The molecule has 4 heteroatoms. The van der Waals surface area contributed by atoms with Gasteiger partial charge in [0.05, 0.1) is 31.4 Å². The summed E-state index contributed by atoms with van der Waals surface area (Å²) < 4.78 is 9.96. The van der Waals surface area contributed by atoms with Crippen LogP contribution < -0.4 is 4.74 Å². The summed E-state index contributed by atoms with van der Waals surface area (Å²) in [5.74, 6) is 0.292. The van der Waals surface area contributed by atoms with Crippen molar-refractivity contribution in [2.75, 3.05) is 14.2 Å². The van der Waals surface area contributed by atoms with Crippen LogP contribution in [-0.2, 0) is 9.53 Å². The summed E-state index contributed by atoms with van der Waals surface area (Å²) in [6.45, 7) is 0. The number of methoxy groups -OCH3 is 2. The van der Waals surface area contributed by atoms with E-state index >= 15 is 0 Å². The topological polar surface area (TPSA) is 59.3 Å². The second-order valence-corrected chi connectivity index (χ2v) is 4.51. The highest BCUT2D eigenvalue weighted by Crippen LogP contribution is 2.22. The fourth-order valence-electron chi connectivity index (χ4n) is 1.96. The third-order valence-electron chi connectivity index (χ3n) is 3.16. The Bertz CT molecular complexity index is 722. The molecular formula is C18H15NO3. The summed E-state index contributed by atoms with van der Waals surface area (Å²) in [7, 11) is 2.93. The quantitative estimate of drug-likeness (QED) is 0.493. The summed E-state index contributed by atoms with van der Waals surface area (Å²) in [6.07, 6.45) is 1.73. The third-order valence-corrected chi connectivity index (χ3v) is 3.16. The van der Waals surface area contributed by atoms with Gasteiger partial charge in [0, 0.05) is 0 Å². The molecule has 0 saturated carbocycles. The maximum absolute atomic E-state index is 12.0. The molecule has 2 aromatic rings. The first-order valence-electron chi connectivity index (χ1n) is 6.62. The Labute approximate surface area is 129 Å². The number of hydrogen-bond donors (Lipinski definition) is 0. The van der Waals surface area contributed by atoms with Crippen LogP contribution in [-0.4, -0.2) is 20.2 Å². The van der Waals surface area contributed by atoms with E-state index in [2.05, 4.69) is 6.07 Å². The summed E-state index contributed by atoms with van der Waals surface area (Å²) in [5.41, 5.74) is 2.56. The minimum atomic E-state index is -0.422. The molecule has 0 N–H and O–H groups in total. The Hall–Kier alpha value is -3.06. The lowest BCUT2D eigenvalue weighted by Gasteiger charge is -2.07. The minimum absolute atomic E-state index is 0.422. The number of esters is 1. The normalized spacial score (nSPS) is 10.7. The molecule has 0 unspecified atom stereocenters. The van der Waals surface area contributed by atoms with Gasteiger partial charge in [-0.3, -0.25) is 0 Å². The molecule has 4 nitrogen and oxygen atoms in total. The first kappa shape index (κ1) is 15.3. The lowest BCUT2D eigenvalue weighted by molar-refractivity contribution is -0.133. The van der Waals surface area contributed by atoms with Gasteiger partial charge in [0.2, 0.25) is 0 Å². The number of nitrogens with zero attached hydrogens (tertiary/aromatic N) is 1. The van der Waals surface area contributed by atoms with Gasteiger partial charge < -0.3 is 9.47 Å². The zero-order valence-corrected chi connectivity index (χ0v) is 12.4. The number of ether oxygens (including phenoxy) is 2. The van der Waals surface area contributed by atoms with E-state index in [-0.39, 0.29) is 0 Å². The molecule has 110 valence electrons. The molecular weight excluding hydrogens is 278 g/mol. The Balaban J connectivity index is 2.42. The summed E-state index contributed by atoms with van der Waals surface area (Å²) in [5, 5.41) is 8.81. The van der Waals surface area contributed by atoms with E-state index < -0.39 is 5.97 Å².